The Balaban J connectivity index is 2.16. The number of benzene rings is 1. The highest BCUT2D eigenvalue weighted by atomic mass is 35.5. The van der Waals surface area contributed by atoms with E-state index in [0.29, 0.717) is 15.6 Å². The Labute approximate surface area is 130 Å². The van der Waals surface area contributed by atoms with Gasteiger partial charge >= 0.3 is 0 Å². The SMILES string of the molecule is C[C@@H]1CCC[C@H](C)N1C(=O)/C=C/c1c(Cl)cccc1Cl. The summed E-state index contributed by atoms with van der Waals surface area (Å²) in [6.45, 7) is 4.20. The maximum Gasteiger partial charge on any atom is 0.247 e. The van der Waals surface area contributed by atoms with E-state index in [1.54, 1.807) is 30.4 Å². The van der Waals surface area contributed by atoms with Crippen LogP contribution in [0.2, 0.25) is 10.0 Å². The van der Waals surface area contributed by atoms with Crippen molar-refractivity contribution in [2.75, 3.05) is 0 Å². The number of hydrogen-bond acceptors (Lipinski definition) is 1. The van der Waals surface area contributed by atoms with E-state index in [9.17, 15) is 4.79 Å². The lowest BCUT2D eigenvalue weighted by atomic mass is 9.97. The zero-order chi connectivity index (χ0) is 14.7. The minimum absolute atomic E-state index is 0.0284. The van der Waals surface area contributed by atoms with Crippen LogP contribution in [0.5, 0.6) is 0 Å². The molecule has 0 saturated carbocycles. The van der Waals surface area contributed by atoms with Crippen molar-refractivity contribution >= 4 is 35.2 Å². The molecule has 1 aliphatic rings. The monoisotopic (exact) mass is 311 g/mol. The number of piperidine rings is 1. The molecule has 1 aromatic carbocycles. The van der Waals surface area contributed by atoms with Gasteiger partial charge in [-0.1, -0.05) is 29.3 Å². The smallest absolute Gasteiger partial charge is 0.247 e. The number of carbonyl (C=O) groups excluding carboxylic acids is 1. The van der Waals surface area contributed by atoms with Crippen molar-refractivity contribution in [2.24, 2.45) is 0 Å². The van der Waals surface area contributed by atoms with Crippen molar-refractivity contribution in [2.45, 2.75) is 45.2 Å². The van der Waals surface area contributed by atoms with Gasteiger partial charge in [0.25, 0.3) is 0 Å². The van der Waals surface area contributed by atoms with E-state index < -0.39 is 0 Å². The van der Waals surface area contributed by atoms with Crippen molar-refractivity contribution in [3.63, 3.8) is 0 Å². The minimum atomic E-state index is 0.0284. The second kappa shape index (κ2) is 6.64. The topological polar surface area (TPSA) is 20.3 Å². The third kappa shape index (κ3) is 3.36. The molecule has 2 atom stereocenters. The highest BCUT2D eigenvalue weighted by Crippen LogP contribution is 2.26. The van der Waals surface area contributed by atoms with Gasteiger partial charge in [-0.15, -0.1) is 0 Å². The summed E-state index contributed by atoms with van der Waals surface area (Å²) in [5, 5.41) is 1.11. The van der Waals surface area contributed by atoms with E-state index in [4.69, 9.17) is 23.2 Å². The summed E-state index contributed by atoms with van der Waals surface area (Å²) >= 11 is 12.2. The Morgan fingerprint density at radius 1 is 1.20 bits per heavy atom. The van der Waals surface area contributed by atoms with Gasteiger partial charge < -0.3 is 4.90 Å². The standard InChI is InChI=1S/C16H19Cl2NO/c1-11-5-3-6-12(2)19(11)16(20)10-9-13-14(17)7-4-8-15(13)18/h4,7-12H,3,5-6H2,1-2H3/b10-9+/t11-,12+. The molecule has 1 saturated heterocycles. The molecular weight excluding hydrogens is 293 g/mol. The molecule has 20 heavy (non-hydrogen) atoms. The fourth-order valence-electron chi connectivity index (χ4n) is 2.77. The van der Waals surface area contributed by atoms with Crippen LogP contribution in [-0.2, 0) is 4.79 Å². The molecular formula is C16H19Cl2NO. The zero-order valence-corrected chi connectivity index (χ0v) is 13.3. The second-order valence-electron chi connectivity index (χ2n) is 5.34. The molecule has 0 radical (unpaired) electrons. The van der Waals surface area contributed by atoms with E-state index in [0.717, 1.165) is 12.8 Å². The van der Waals surface area contributed by atoms with Gasteiger partial charge in [-0.3, -0.25) is 4.79 Å². The summed E-state index contributed by atoms with van der Waals surface area (Å²) in [5.41, 5.74) is 0.696. The quantitative estimate of drug-likeness (QED) is 0.719. The van der Waals surface area contributed by atoms with Crippen molar-refractivity contribution in [3.05, 3.63) is 39.9 Å². The first-order chi connectivity index (χ1) is 9.50. The average Bonchev–Trinajstić information content (AvgIpc) is 2.38. The van der Waals surface area contributed by atoms with Gasteiger partial charge in [-0.25, -0.2) is 0 Å². The fraction of sp³-hybridized carbons (Fsp3) is 0.438. The van der Waals surface area contributed by atoms with Crippen LogP contribution < -0.4 is 0 Å². The molecule has 4 heteroatoms. The first-order valence-corrected chi connectivity index (χ1v) is 7.70. The van der Waals surface area contributed by atoms with Crippen molar-refractivity contribution in [1.82, 2.24) is 4.90 Å². The summed E-state index contributed by atoms with van der Waals surface area (Å²) in [5.74, 6) is 0.0284. The van der Waals surface area contributed by atoms with Crippen LogP contribution in [0.15, 0.2) is 24.3 Å². The van der Waals surface area contributed by atoms with Gasteiger partial charge in [-0.05, 0) is 51.3 Å². The van der Waals surface area contributed by atoms with Crippen LogP contribution in [0, 0.1) is 0 Å². The van der Waals surface area contributed by atoms with E-state index >= 15 is 0 Å². The average molecular weight is 312 g/mol. The highest BCUT2D eigenvalue weighted by molar-refractivity contribution is 6.37. The lowest BCUT2D eigenvalue weighted by molar-refractivity contribution is -0.131. The molecule has 0 spiro atoms. The van der Waals surface area contributed by atoms with Crippen LogP contribution in [-0.4, -0.2) is 22.9 Å². The predicted molar refractivity (Wildman–Crippen MR) is 85.1 cm³/mol. The molecule has 2 nitrogen and oxygen atoms in total. The number of rotatable bonds is 2. The molecule has 2 rings (SSSR count). The summed E-state index contributed by atoms with van der Waals surface area (Å²) in [4.78, 5) is 14.3. The number of nitrogens with zero attached hydrogens (tertiary/aromatic N) is 1. The molecule has 0 bridgehead atoms. The maximum absolute atomic E-state index is 12.4. The molecule has 1 aliphatic heterocycles. The molecule has 1 heterocycles. The predicted octanol–water partition coefficient (Wildman–Crippen LogP) is 4.80. The fourth-order valence-corrected chi connectivity index (χ4v) is 3.29. The molecule has 0 aliphatic carbocycles. The zero-order valence-electron chi connectivity index (χ0n) is 11.8. The molecule has 1 aromatic rings. The number of hydrogen-bond donors (Lipinski definition) is 0. The van der Waals surface area contributed by atoms with E-state index in [2.05, 4.69) is 13.8 Å². The Hall–Kier alpha value is -0.990. The Kier molecular flexibility index (Phi) is 5.11. The number of carbonyl (C=O) groups is 1. The lowest BCUT2D eigenvalue weighted by Gasteiger charge is -2.38. The number of halogens is 2. The molecule has 0 N–H and O–H groups in total. The first kappa shape index (κ1) is 15.4. The van der Waals surface area contributed by atoms with E-state index in [1.165, 1.54) is 6.42 Å². The Bertz CT molecular complexity index is 497. The van der Waals surface area contributed by atoms with Gasteiger partial charge in [0, 0.05) is 33.8 Å². The van der Waals surface area contributed by atoms with Gasteiger partial charge in [0.2, 0.25) is 5.91 Å². The lowest BCUT2D eigenvalue weighted by Crippen LogP contribution is -2.46. The highest BCUT2D eigenvalue weighted by Gasteiger charge is 2.27. The molecule has 0 aromatic heterocycles. The van der Waals surface area contributed by atoms with Gasteiger partial charge in [0.05, 0.1) is 0 Å². The summed E-state index contributed by atoms with van der Waals surface area (Å²) in [6, 6.07) is 5.90. The van der Waals surface area contributed by atoms with Crippen molar-refractivity contribution in [1.29, 1.82) is 0 Å². The van der Waals surface area contributed by atoms with Crippen LogP contribution >= 0.6 is 23.2 Å². The maximum atomic E-state index is 12.4. The summed E-state index contributed by atoms with van der Waals surface area (Å²) in [7, 11) is 0. The van der Waals surface area contributed by atoms with Crippen LogP contribution in [0.3, 0.4) is 0 Å². The summed E-state index contributed by atoms with van der Waals surface area (Å²) in [6.07, 6.45) is 6.60. The van der Waals surface area contributed by atoms with Crippen LogP contribution in [0.1, 0.15) is 38.7 Å². The van der Waals surface area contributed by atoms with E-state index in [-0.39, 0.29) is 18.0 Å². The third-order valence-corrected chi connectivity index (χ3v) is 4.50. The Morgan fingerprint density at radius 3 is 2.30 bits per heavy atom. The number of likely N-dealkylation sites (tertiary alicyclic amines) is 1. The van der Waals surface area contributed by atoms with Crippen molar-refractivity contribution in [3.8, 4) is 0 Å². The first-order valence-electron chi connectivity index (χ1n) is 6.95. The van der Waals surface area contributed by atoms with E-state index in [1.807, 2.05) is 4.90 Å². The van der Waals surface area contributed by atoms with Crippen molar-refractivity contribution < 1.29 is 4.79 Å². The molecule has 0 unspecified atom stereocenters. The van der Waals surface area contributed by atoms with Crippen LogP contribution in [0.25, 0.3) is 6.08 Å². The van der Waals surface area contributed by atoms with Gasteiger partial charge in [0.15, 0.2) is 0 Å². The minimum Gasteiger partial charge on any atom is -0.334 e. The second-order valence-corrected chi connectivity index (χ2v) is 6.16. The van der Waals surface area contributed by atoms with Gasteiger partial charge in [0.1, 0.15) is 0 Å². The van der Waals surface area contributed by atoms with Gasteiger partial charge in [-0.2, -0.15) is 0 Å². The Morgan fingerprint density at radius 2 is 1.75 bits per heavy atom. The molecule has 108 valence electrons. The normalized spacial score (nSPS) is 23.3. The number of amides is 1. The third-order valence-electron chi connectivity index (χ3n) is 3.84. The molecule has 1 fully saturated rings. The largest absolute Gasteiger partial charge is 0.334 e. The molecule has 1 amide bonds. The summed E-state index contributed by atoms with van der Waals surface area (Å²) < 4.78 is 0. The van der Waals surface area contributed by atoms with Crippen LogP contribution in [0.4, 0.5) is 0 Å².